The number of hydrogen-bond acceptors (Lipinski definition) is 3. The molecule has 0 aliphatic heterocycles. The largest absolute Gasteiger partial charge is 0.383 e. The highest BCUT2D eigenvalue weighted by molar-refractivity contribution is 5.53. The van der Waals surface area contributed by atoms with Gasteiger partial charge in [-0.2, -0.15) is 0 Å². The molecule has 1 rings (SSSR count). The van der Waals surface area contributed by atoms with Gasteiger partial charge in [-0.25, -0.2) is 0 Å². The molecule has 0 aliphatic rings. The fourth-order valence-corrected chi connectivity index (χ4v) is 2.62. The summed E-state index contributed by atoms with van der Waals surface area (Å²) in [6.07, 6.45) is 2.50. The van der Waals surface area contributed by atoms with Gasteiger partial charge in [-0.3, -0.25) is 0 Å². The van der Waals surface area contributed by atoms with Crippen LogP contribution in [-0.2, 0) is 11.3 Å². The van der Waals surface area contributed by atoms with Crippen molar-refractivity contribution < 1.29 is 4.74 Å². The minimum Gasteiger partial charge on any atom is -0.383 e. The van der Waals surface area contributed by atoms with Crippen LogP contribution in [0.3, 0.4) is 0 Å². The van der Waals surface area contributed by atoms with Crippen molar-refractivity contribution in [2.24, 2.45) is 5.92 Å². The summed E-state index contributed by atoms with van der Waals surface area (Å²) in [7, 11) is 1.74. The summed E-state index contributed by atoms with van der Waals surface area (Å²) in [4.78, 5) is 2.52. The average molecular weight is 292 g/mol. The first-order valence-corrected chi connectivity index (χ1v) is 8.29. The maximum absolute atomic E-state index is 5.09. The zero-order chi connectivity index (χ0) is 15.5. The van der Waals surface area contributed by atoms with Crippen LogP contribution in [0, 0.1) is 5.92 Å². The Morgan fingerprint density at radius 3 is 2.48 bits per heavy atom. The molecular formula is C18H32N2O. The van der Waals surface area contributed by atoms with Gasteiger partial charge < -0.3 is 15.0 Å². The van der Waals surface area contributed by atoms with E-state index >= 15 is 0 Å². The van der Waals surface area contributed by atoms with Crippen molar-refractivity contribution in [3.8, 4) is 0 Å². The minimum absolute atomic E-state index is 0.757. The number of hydrogen-bond donors (Lipinski definition) is 1. The third-order valence-corrected chi connectivity index (χ3v) is 4.15. The van der Waals surface area contributed by atoms with Gasteiger partial charge in [0.05, 0.1) is 6.61 Å². The van der Waals surface area contributed by atoms with Crippen LogP contribution < -0.4 is 10.2 Å². The Labute approximate surface area is 130 Å². The molecule has 1 aromatic rings. The first-order valence-electron chi connectivity index (χ1n) is 8.29. The number of methoxy groups -OCH3 is 1. The van der Waals surface area contributed by atoms with Gasteiger partial charge in [0.25, 0.3) is 0 Å². The minimum atomic E-state index is 0.757. The molecule has 0 radical (unpaired) electrons. The van der Waals surface area contributed by atoms with Gasteiger partial charge in [0.1, 0.15) is 0 Å². The van der Waals surface area contributed by atoms with Gasteiger partial charge in [-0.15, -0.1) is 0 Å². The quantitative estimate of drug-likeness (QED) is 0.630. The Kier molecular flexibility index (Phi) is 9.11. The normalized spacial score (nSPS) is 11.1. The van der Waals surface area contributed by atoms with Gasteiger partial charge in [-0.1, -0.05) is 44.9 Å². The van der Waals surface area contributed by atoms with E-state index in [9.17, 15) is 0 Å². The third-order valence-electron chi connectivity index (χ3n) is 4.15. The lowest BCUT2D eigenvalue weighted by Gasteiger charge is -2.29. The van der Waals surface area contributed by atoms with Crippen LogP contribution in [0.4, 0.5) is 5.69 Å². The number of anilines is 1. The van der Waals surface area contributed by atoms with Crippen LogP contribution in [-0.4, -0.2) is 33.4 Å². The van der Waals surface area contributed by atoms with Crippen molar-refractivity contribution in [1.29, 1.82) is 0 Å². The molecule has 0 fully saturated rings. The molecule has 0 amide bonds. The summed E-state index contributed by atoms with van der Waals surface area (Å²) < 4.78 is 5.09. The van der Waals surface area contributed by atoms with E-state index in [2.05, 4.69) is 55.3 Å². The highest BCUT2D eigenvalue weighted by atomic mass is 16.5. The standard InChI is InChI=1S/C18H32N2O/c1-5-16(6-2)15-20(7-3)18-11-9-8-10-17(18)14-19-12-13-21-4/h8-11,16,19H,5-7,12-15H2,1-4H3. The average Bonchev–Trinajstić information content (AvgIpc) is 2.53. The van der Waals surface area contributed by atoms with Crippen LogP contribution in [0.1, 0.15) is 39.2 Å². The maximum Gasteiger partial charge on any atom is 0.0587 e. The van der Waals surface area contributed by atoms with Crippen LogP contribution in [0.25, 0.3) is 0 Å². The highest BCUT2D eigenvalue weighted by Crippen LogP contribution is 2.22. The molecule has 1 aromatic carbocycles. The van der Waals surface area contributed by atoms with Crippen LogP contribution in [0.2, 0.25) is 0 Å². The SMILES string of the molecule is CCC(CC)CN(CC)c1ccccc1CNCCOC. The second-order valence-electron chi connectivity index (χ2n) is 5.52. The number of nitrogens with one attached hydrogen (secondary N) is 1. The molecule has 1 N–H and O–H groups in total. The van der Waals surface area contributed by atoms with Crippen molar-refractivity contribution in [3.63, 3.8) is 0 Å². The van der Waals surface area contributed by atoms with Gasteiger partial charge >= 0.3 is 0 Å². The van der Waals surface area contributed by atoms with Gasteiger partial charge in [0.15, 0.2) is 0 Å². The summed E-state index contributed by atoms with van der Waals surface area (Å²) in [5.74, 6) is 0.777. The molecule has 0 aliphatic carbocycles. The molecule has 120 valence electrons. The Hall–Kier alpha value is -1.06. The van der Waals surface area contributed by atoms with Crippen LogP contribution >= 0.6 is 0 Å². The smallest absolute Gasteiger partial charge is 0.0587 e. The van der Waals surface area contributed by atoms with E-state index in [4.69, 9.17) is 4.74 Å². The van der Waals surface area contributed by atoms with Crippen LogP contribution in [0.15, 0.2) is 24.3 Å². The van der Waals surface area contributed by atoms with Gasteiger partial charge in [0.2, 0.25) is 0 Å². The Balaban J connectivity index is 2.73. The van der Waals surface area contributed by atoms with E-state index in [1.807, 2.05) is 0 Å². The first kappa shape index (κ1) is 18.0. The molecule has 21 heavy (non-hydrogen) atoms. The second-order valence-corrected chi connectivity index (χ2v) is 5.52. The van der Waals surface area contributed by atoms with E-state index < -0.39 is 0 Å². The van der Waals surface area contributed by atoms with E-state index in [-0.39, 0.29) is 0 Å². The molecule has 0 heterocycles. The zero-order valence-corrected chi connectivity index (χ0v) is 14.2. The predicted molar refractivity (Wildman–Crippen MR) is 92.0 cm³/mol. The van der Waals surface area contributed by atoms with Crippen molar-refractivity contribution in [2.75, 3.05) is 38.3 Å². The zero-order valence-electron chi connectivity index (χ0n) is 14.2. The lowest BCUT2D eigenvalue weighted by Crippen LogP contribution is -2.30. The monoisotopic (exact) mass is 292 g/mol. The topological polar surface area (TPSA) is 24.5 Å². The summed E-state index contributed by atoms with van der Waals surface area (Å²) in [5, 5.41) is 3.45. The molecule has 0 unspecified atom stereocenters. The number of ether oxygens (including phenoxy) is 1. The fourth-order valence-electron chi connectivity index (χ4n) is 2.62. The van der Waals surface area contributed by atoms with E-state index in [0.717, 1.165) is 38.7 Å². The predicted octanol–water partition coefficient (Wildman–Crippen LogP) is 3.69. The number of nitrogens with zero attached hydrogens (tertiary/aromatic N) is 1. The molecule has 0 spiro atoms. The summed E-state index contributed by atoms with van der Waals surface area (Å²) in [5.41, 5.74) is 2.75. The first-order chi connectivity index (χ1) is 10.3. The van der Waals surface area contributed by atoms with Crippen molar-refractivity contribution in [1.82, 2.24) is 5.32 Å². The molecule has 0 aromatic heterocycles. The number of para-hydroxylation sites is 1. The third kappa shape index (κ3) is 6.06. The van der Waals surface area contributed by atoms with Crippen LogP contribution in [0.5, 0.6) is 0 Å². The molecule has 0 bridgehead atoms. The summed E-state index contributed by atoms with van der Waals surface area (Å²) in [6, 6.07) is 8.75. The summed E-state index contributed by atoms with van der Waals surface area (Å²) >= 11 is 0. The molecular weight excluding hydrogens is 260 g/mol. The van der Waals surface area contributed by atoms with E-state index in [0.29, 0.717) is 0 Å². The van der Waals surface area contributed by atoms with Crippen molar-refractivity contribution in [3.05, 3.63) is 29.8 Å². The maximum atomic E-state index is 5.09. The summed E-state index contributed by atoms with van der Waals surface area (Å²) in [6.45, 7) is 11.6. The van der Waals surface area contributed by atoms with E-state index in [1.54, 1.807) is 7.11 Å². The lowest BCUT2D eigenvalue weighted by atomic mass is 10.0. The van der Waals surface area contributed by atoms with Crippen molar-refractivity contribution >= 4 is 5.69 Å². The van der Waals surface area contributed by atoms with Crippen molar-refractivity contribution in [2.45, 2.75) is 40.2 Å². The Bertz CT molecular complexity index is 377. The lowest BCUT2D eigenvalue weighted by molar-refractivity contribution is 0.199. The molecule has 3 heteroatoms. The second kappa shape index (κ2) is 10.6. The van der Waals surface area contributed by atoms with E-state index in [1.165, 1.54) is 24.1 Å². The Morgan fingerprint density at radius 1 is 1.14 bits per heavy atom. The van der Waals surface area contributed by atoms with Gasteiger partial charge in [-0.05, 0) is 24.5 Å². The number of rotatable bonds is 11. The molecule has 0 saturated heterocycles. The van der Waals surface area contributed by atoms with Gasteiger partial charge in [0, 0.05) is 39.0 Å². The molecule has 0 saturated carbocycles. The molecule has 0 atom stereocenters. The number of benzene rings is 1. The Morgan fingerprint density at radius 2 is 1.86 bits per heavy atom. The fraction of sp³-hybridized carbons (Fsp3) is 0.667. The molecule has 3 nitrogen and oxygen atoms in total. The highest BCUT2D eigenvalue weighted by Gasteiger charge is 2.13.